The third kappa shape index (κ3) is 8.94. The molecule has 4 nitrogen and oxygen atoms in total. The molecule has 1 heterocycles. The van der Waals surface area contributed by atoms with Crippen LogP contribution in [0.4, 0.5) is 13.2 Å². The molecule has 0 radical (unpaired) electrons. The van der Waals surface area contributed by atoms with E-state index in [0.29, 0.717) is 29.2 Å². The van der Waals surface area contributed by atoms with Gasteiger partial charge in [-0.1, -0.05) is 63.5 Å². The van der Waals surface area contributed by atoms with Crippen LogP contribution in [0.15, 0.2) is 73.0 Å². The fraction of sp³-hybridized carbons (Fsp3) is 0.367. The molecular formula is C30H34F3NO3S. The molecule has 38 heavy (non-hydrogen) atoms. The SMILES string of the molecule is C=C(O)CCNC(=O)c1ccc(C(CCCCCCC)Oc2ccc(-c3ccc(C(F)(F)F)cc3)cc2)s1. The number of benzene rings is 2. The number of aliphatic hydroxyl groups is 1. The minimum absolute atomic E-state index is 0.0260. The summed E-state index contributed by atoms with van der Waals surface area (Å²) in [7, 11) is 0. The maximum Gasteiger partial charge on any atom is 0.416 e. The molecule has 1 amide bonds. The number of thiophene rings is 1. The monoisotopic (exact) mass is 545 g/mol. The Morgan fingerprint density at radius 1 is 0.974 bits per heavy atom. The topological polar surface area (TPSA) is 58.6 Å². The lowest BCUT2D eigenvalue weighted by atomic mass is 10.0. The van der Waals surface area contributed by atoms with Gasteiger partial charge >= 0.3 is 6.18 Å². The van der Waals surface area contributed by atoms with Crippen molar-refractivity contribution in [1.82, 2.24) is 5.32 Å². The molecule has 1 unspecified atom stereocenters. The molecule has 0 aliphatic rings. The lowest BCUT2D eigenvalue weighted by Crippen LogP contribution is -2.23. The quantitative estimate of drug-likeness (QED) is 0.157. The highest BCUT2D eigenvalue weighted by Gasteiger charge is 2.30. The molecule has 8 heteroatoms. The van der Waals surface area contributed by atoms with Crippen molar-refractivity contribution in [3.63, 3.8) is 0 Å². The maximum atomic E-state index is 12.9. The minimum atomic E-state index is -4.36. The van der Waals surface area contributed by atoms with Crippen molar-refractivity contribution in [3.05, 3.63) is 88.3 Å². The molecule has 0 bridgehead atoms. The number of amides is 1. The first-order chi connectivity index (χ1) is 18.2. The van der Waals surface area contributed by atoms with E-state index in [2.05, 4.69) is 18.8 Å². The number of rotatable bonds is 14. The fourth-order valence-electron chi connectivity index (χ4n) is 3.99. The van der Waals surface area contributed by atoms with E-state index in [-0.39, 0.29) is 17.8 Å². The Morgan fingerprint density at radius 3 is 2.21 bits per heavy atom. The van der Waals surface area contributed by atoms with Crippen molar-refractivity contribution < 1.29 is 27.8 Å². The van der Waals surface area contributed by atoms with Crippen LogP contribution < -0.4 is 10.1 Å². The van der Waals surface area contributed by atoms with Gasteiger partial charge in [0.15, 0.2) is 0 Å². The van der Waals surface area contributed by atoms with Gasteiger partial charge in [0.25, 0.3) is 5.91 Å². The molecule has 0 fully saturated rings. The predicted octanol–water partition coefficient (Wildman–Crippen LogP) is 9.11. The highest BCUT2D eigenvalue weighted by Crippen LogP contribution is 2.34. The van der Waals surface area contributed by atoms with Crippen LogP contribution in [-0.4, -0.2) is 17.6 Å². The van der Waals surface area contributed by atoms with E-state index in [1.54, 1.807) is 6.07 Å². The number of carbonyl (C=O) groups is 1. The molecule has 0 saturated carbocycles. The van der Waals surface area contributed by atoms with Gasteiger partial charge in [0, 0.05) is 17.8 Å². The molecule has 2 aromatic carbocycles. The molecule has 0 saturated heterocycles. The van der Waals surface area contributed by atoms with Gasteiger partial charge in [0.05, 0.1) is 16.2 Å². The molecule has 0 spiro atoms. The molecule has 0 aliphatic carbocycles. The van der Waals surface area contributed by atoms with Crippen molar-refractivity contribution in [2.24, 2.45) is 0 Å². The summed E-state index contributed by atoms with van der Waals surface area (Å²) in [5, 5.41) is 12.0. The van der Waals surface area contributed by atoms with Crippen LogP contribution in [0.2, 0.25) is 0 Å². The van der Waals surface area contributed by atoms with Crippen LogP contribution in [0.25, 0.3) is 11.1 Å². The Labute approximate surface area is 226 Å². The lowest BCUT2D eigenvalue weighted by molar-refractivity contribution is -0.137. The van der Waals surface area contributed by atoms with Gasteiger partial charge in [-0.2, -0.15) is 13.2 Å². The number of aliphatic hydroxyl groups excluding tert-OH is 1. The number of carbonyl (C=O) groups excluding carboxylic acids is 1. The number of alkyl halides is 3. The van der Waals surface area contributed by atoms with Crippen LogP contribution in [0.5, 0.6) is 5.75 Å². The number of hydrogen-bond donors (Lipinski definition) is 2. The van der Waals surface area contributed by atoms with Crippen molar-refractivity contribution in [2.45, 2.75) is 64.1 Å². The average molecular weight is 546 g/mol. The third-order valence-electron chi connectivity index (χ3n) is 6.12. The van der Waals surface area contributed by atoms with Gasteiger partial charge in [-0.3, -0.25) is 4.79 Å². The largest absolute Gasteiger partial charge is 0.513 e. The summed E-state index contributed by atoms with van der Waals surface area (Å²) in [6, 6.07) is 16.1. The van der Waals surface area contributed by atoms with Crippen molar-refractivity contribution >= 4 is 17.2 Å². The zero-order valence-corrected chi connectivity index (χ0v) is 22.3. The van der Waals surface area contributed by atoms with Crippen LogP contribution >= 0.6 is 11.3 Å². The molecule has 1 atom stereocenters. The Balaban J connectivity index is 1.70. The molecule has 3 aromatic rings. The maximum absolute atomic E-state index is 12.9. The molecule has 0 aliphatic heterocycles. The Kier molecular flexibility index (Phi) is 10.8. The minimum Gasteiger partial charge on any atom is -0.513 e. The van der Waals surface area contributed by atoms with Crippen molar-refractivity contribution in [3.8, 4) is 16.9 Å². The standard InChI is InChI=1S/C30H34F3NO3S/c1-3-4-5-6-7-8-26(27-17-18-28(38-27)29(36)34-20-19-21(2)35)37-25-15-11-23(12-16-25)22-9-13-24(14-10-22)30(31,32)33/h9-18,26,35H,2-8,19-20H2,1H3,(H,34,36). The zero-order chi connectivity index (χ0) is 27.5. The van der Waals surface area contributed by atoms with Crippen molar-refractivity contribution in [1.29, 1.82) is 0 Å². The molecule has 2 N–H and O–H groups in total. The third-order valence-corrected chi connectivity index (χ3v) is 7.29. The smallest absolute Gasteiger partial charge is 0.416 e. The van der Waals surface area contributed by atoms with Gasteiger partial charge in [0.2, 0.25) is 0 Å². The van der Waals surface area contributed by atoms with Crippen LogP contribution in [0.3, 0.4) is 0 Å². The van der Waals surface area contributed by atoms with E-state index < -0.39 is 11.7 Å². The number of ether oxygens (including phenoxy) is 1. The molecule has 1 aromatic heterocycles. The van der Waals surface area contributed by atoms with Gasteiger partial charge in [-0.15, -0.1) is 11.3 Å². The van der Waals surface area contributed by atoms with Gasteiger partial charge in [-0.25, -0.2) is 0 Å². The lowest BCUT2D eigenvalue weighted by Gasteiger charge is -2.18. The molecular weight excluding hydrogens is 511 g/mol. The summed E-state index contributed by atoms with van der Waals surface area (Å²) >= 11 is 1.38. The normalized spacial score (nSPS) is 12.2. The van der Waals surface area contributed by atoms with E-state index in [1.165, 1.54) is 36.3 Å². The second-order valence-corrected chi connectivity index (χ2v) is 10.3. The van der Waals surface area contributed by atoms with Crippen LogP contribution in [0.1, 0.15) is 78.1 Å². The average Bonchev–Trinajstić information content (AvgIpc) is 3.38. The van der Waals surface area contributed by atoms with Crippen LogP contribution in [-0.2, 0) is 6.18 Å². The Hall–Kier alpha value is -3.26. The zero-order valence-electron chi connectivity index (χ0n) is 21.5. The highest BCUT2D eigenvalue weighted by atomic mass is 32.1. The summed E-state index contributed by atoms with van der Waals surface area (Å²) in [4.78, 5) is 14.0. The second kappa shape index (κ2) is 14.0. The summed E-state index contributed by atoms with van der Waals surface area (Å²) in [5.41, 5.74) is 0.810. The summed E-state index contributed by atoms with van der Waals surface area (Å²) in [5.74, 6) is 0.475. The van der Waals surface area contributed by atoms with E-state index in [4.69, 9.17) is 4.74 Å². The first kappa shape index (κ1) is 29.3. The predicted molar refractivity (Wildman–Crippen MR) is 147 cm³/mol. The highest BCUT2D eigenvalue weighted by molar-refractivity contribution is 7.14. The number of nitrogens with one attached hydrogen (secondary N) is 1. The molecule has 3 rings (SSSR count). The Bertz CT molecular complexity index is 1170. The van der Waals surface area contributed by atoms with E-state index in [1.807, 2.05) is 30.3 Å². The Morgan fingerprint density at radius 2 is 1.61 bits per heavy atom. The van der Waals surface area contributed by atoms with E-state index in [9.17, 15) is 23.1 Å². The number of halogens is 3. The summed E-state index contributed by atoms with van der Waals surface area (Å²) in [6.07, 6.45) is 2.14. The van der Waals surface area contributed by atoms with Gasteiger partial charge in [-0.05, 0) is 60.4 Å². The van der Waals surface area contributed by atoms with Crippen molar-refractivity contribution in [2.75, 3.05) is 6.54 Å². The number of unbranched alkanes of at least 4 members (excludes halogenated alkanes) is 4. The van der Waals surface area contributed by atoms with Gasteiger partial charge < -0.3 is 15.2 Å². The van der Waals surface area contributed by atoms with Crippen LogP contribution in [0, 0.1) is 0 Å². The second-order valence-electron chi connectivity index (χ2n) is 9.18. The van der Waals surface area contributed by atoms with E-state index in [0.717, 1.165) is 48.3 Å². The number of hydrogen-bond acceptors (Lipinski definition) is 4. The first-order valence-electron chi connectivity index (χ1n) is 12.9. The summed E-state index contributed by atoms with van der Waals surface area (Å²) in [6.45, 7) is 5.91. The first-order valence-corrected chi connectivity index (χ1v) is 13.7. The van der Waals surface area contributed by atoms with Gasteiger partial charge in [0.1, 0.15) is 11.9 Å². The summed E-state index contributed by atoms with van der Waals surface area (Å²) < 4.78 is 44.9. The van der Waals surface area contributed by atoms with E-state index >= 15 is 0 Å². The molecule has 204 valence electrons. The fourth-order valence-corrected chi connectivity index (χ4v) is 4.98.